The zero-order valence-electron chi connectivity index (χ0n) is 13.3. The van der Waals surface area contributed by atoms with Gasteiger partial charge in [0.25, 0.3) is 0 Å². The number of anilines is 1. The van der Waals surface area contributed by atoms with Crippen molar-refractivity contribution in [3.05, 3.63) is 63.9 Å². The number of nitrogens with one attached hydrogen (secondary N) is 3. The van der Waals surface area contributed by atoms with Crippen LogP contribution in [-0.2, 0) is 4.79 Å². The minimum atomic E-state index is -0.638. The Bertz CT molecular complexity index is 772. The third-order valence-electron chi connectivity index (χ3n) is 3.36. The zero-order chi connectivity index (χ0) is 18.4. The van der Waals surface area contributed by atoms with E-state index in [1.165, 1.54) is 12.1 Å². The lowest BCUT2D eigenvalue weighted by atomic mass is 10.1. The highest BCUT2D eigenvalue weighted by Crippen LogP contribution is 2.28. The Kier molecular flexibility index (Phi) is 6.75. The largest absolute Gasteiger partial charge is 0.325 e. The Balaban J connectivity index is 1.85. The van der Waals surface area contributed by atoms with Crippen LogP contribution in [-0.4, -0.2) is 18.5 Å². The van der Waals surface area contributed by atoms with E-state index in [2.05, 4.69) is 16.0 Å². The smallest absolute Gasteiger partial charge is 0.308 e. The fourth-order valence-corrected chi connectivity index (χ4v) is 2.63. The molecule has 0 aliphatic rings. The summed E-state index contributed by atoms with van der Waals surface area (Å²) in [5, 5.41) is 7.80. The van der Waals surface area contributed by atoms with E-state index in [1.807, 2.05) is 6.07 Å². The Labute approximate surface area is 154 Å². The van der Waals surface area contributed by atoms with Crippen LogP contribution in [0.3, 0.4) is 0 Å². The molecule has 3 amide bonds. The molecule has 0 unspecified atom stereocenters. The molecule has 3 N–H and O–H groups in total. The molecule has 1 atom stereocenters. The summed E-state index contributed by atoms with van der Waals surface area (Å²) < 4.78 is 13.5. The van der Waals surface area contributed by atoms with Gasteiger partial charge in [-0.25, -0.2) is 9.18 Å². The van der Waals surface area contributed by atoms with Gasteiger partial charge in [-0.05, 0) is 36.8 Å². The van der Waals surface area contributed by atoms with Gasteiger partial charge in [-0.1, -0.05) is 41.4 Å². The standard InChI is InChI=1S/C17H16Cl2FN3O2/c1-10(12-7-15(20)14(19)8-13(12)18)21-9-16(24)23-17(25)22-11-5-3-2-4-6-11/h2-8,10,21H,9H2,1H3,(H2,22,23,24,25)/t10-/m1/s1. The van der Waals surface area contributed by atoms with E-state index >= 15 is 0 Å². The number of halogens is 3. The quantitative estimate of drug-likeness (QED) is 0.679. The maximum atomic E-state index is 13.5. The van der Waals surface area contributed by atoms with Gasteiger partial charge in [-0.15, -0.1) is 0 Å². The van der Waals surface area contributed by atoms with Gasteiger partial charge < -0.3 is 10.6 Å². The molecule has 2 rings (SSSR count). The average molecular weight is 384 g/mol. The number of hydrogen-bond acceptors (Lipinski definition) is 3. The number of carbonyl (C=O) groups excluding carboxylic acids is 2. The predicted molar refractivity (Wildman–Crippen MR) is 96.4 cm³/mol. The van der Waals surface area contributed by atoms with Crippen LogP contribution in [0.4, 0.5) is 14.9 Å². The van der Waals surface area contributed by atoms with Crippen molar-refractivity contribution in [3.8, 4) is 0 Å². The first-order valence-corrected chi connectivity index (χ1v) is 8.16. The Hall–Kier alpha value is -2.15. The molecule has 2 aromatic carbocycles. The van der Waals surface area contributed by atoms with Crippen molar-refractivity contribution in [2.75, 3.05) is 11.9 Å². The molecule has 25 heavy (non-hydrogen) atoms. The predicted octanol–water partition coefficient (Wildman–Crippen LogP) is 4.13. The van der Waals surface area contributed by atoms with Crippen LogP contribution in [0.15, 0.2) is 42.5 Å². The fourth-order valence-electron chi connectivity index (χ4n) is 2.08. The van der Waals surface area contributed by atoms with Crippen LogP contribution in [0, 0.1) is 5.82 Å². The van der Waals surface area contributed by atoms with Crippen LogP contribution in [0.1, 0.15) is 18.5 Å². The fraction of sp³-hybridized carbons (Fsp3) is 0.176. The molecule has 0 aliphatic carbocycles. The normalized spacial score (nSPS) is 11.7. The van der Waals surface area contributed by atoms with Crippen molar-refractivity contribution in [3.63, 3.8) is 0 Å². The highest BCUT2D eigenvalue weighted by Gasteiger charge is 2.15. The summed E-state index contributed by atoms with van der Waals surface area (Å²) in [6.07, 6.45) is 0. The van der Waals surface area contributed by atoms with Gasteiger partial charge in [-0.3, -0.25) is 10.1 Å². The number of carbonyl (C=O) groups is 2. The maximum Gasteiger partial charge on any atom is 0.325 e. The number of imide groups is 1. The van der Waals surface area contributed by atoms with E-state index in [4.69, 9.17) is 23.2 Å². The molecule has 0 heterocycles. The summed E-state index contributed by atoms with van der Waals surface area (Å²) in [5.41, 5.74) is 1.03. The Morgan fingerprint density at radius 1 is 1.12 bits per heavy atom. The number of amides is 3. The second kappa shape index (κ2) is 8.80. The first-order chi connectivity index (χ1) is 11.9. The highest BCUT2D eigenvalue weighted by atomic mass is 35.5. The number of hydrogen-bond donors (Lipinski definition) is 3. The monoisotopic (exact) mass is 383 g/mol. The van der Waals surface area contributed by atoms with Crippen molar-refractivity contribution in [2.45, 2.75) is 13.0 Å². The van der Waals surface area contributed by atoms with Crippen LogP contribution in [0.25, 0.3) is 0 Å². The van der Waals surface area contributed by atoms with Crippen molar-refractivity contribution in [1.29, 1.82) is 0 Å². The van der Waals surface area contributed by atoms with Crippen molar-refractivity contribution in [2.24, 2.45) is 0 Å². The molecular formula is C17H16Cl2FN3O2. The molecule has 0 spiro atoms. The first kappa shape index (κ1) is 19.2. The molecule has 0 bridgehead atoms. The van der Waals surface area contributed by atoms with E-state index < -0.39 is 23.8 Å². The van der Waals surface area contributed by atoms with Crippen molar-refractivity contribution < 1.29 is 14.0 Å². The summed E-state index contributed by atoms with van der Waals surface area (Å²) in [5.74, 6) is -1.13. The average Bonchev–Trinajstić information content (AvgIpc) is 2.56. The molecule has 5 nitrogen and oxygen atoms in total. The van der Waals surface area contributed by atoms with Crippen LogP contribution >= 0.6 is 23.2 Å². The van der Waals surface area contributed by atoms with Crippen LogP contribution in [0.5, 0.6) is 0 Å². The lowest BCUT2D eigenvalue weighted by Crippen LogP contribution is -2.40. The van der Waals surface area contributed by atoms with E-state index in [9.17, 15) is 14.0 Å². The number of benzene rings is 2. The van der Waals surface area contributed by atoms with Gasteiger partial charge >= 0.3 is 6.03 Å². The number of para-hydroxylation sites is 1. The molecule has 8 heteroatoms. The van der Waals surface area contributed by atoms with E-state index in [0.29, 0.717) is 11.3 Å². The molecule has 0 aliphatic heterocycles. The summed E-state index contributed by atoms with van der Waals surface area (Å²) in [7, 11) is 0. The van der Waals surface area contributed by atoms with E-state index in [0.717, 1.165) is 0 Å². The van der Waals surface area contributed by atoms with Crippen molar-refractivity contribution in [1.82, 2.24) is 10.6 Å². The van der Waals surface area contributed by atoms with Crippen LogP contribution in [0.2, 0.25) is 10.0 Å². The van der Waals surface area contributed by atoms with E-state index in [1.54, 1.807) is 31.2 Å². The molecular weight excluding hydrogens is 368 g/mol. The van der Waals surface area contributed by atoms with Crippen molar-refractivity contribution >= 4 is 40.8 Å². The minimum Gasteiger partial charge on any atom is -0.308 e. The second-order valence-electron chi connectivity index (χ2n) is 5.26. The lowest BCUT2D eigenvalue weighted by Gasteiger charge is -2.16. The number of rotatable bonds is 5. The lowest BCUT2D eigenvalue weighted by molar-refractivity contribution is -0.119. The second-order valence-corrected chi connectivity index (χ2v) is 6.07. The summed E-state index contributed by atoms with van der Waals surface area (Å²) in [6, 6.07) is 10.2. The molecule has 0 saturated heterocycles. The third-order valence-corrected chi connectivity index (χ3v) is 3.98. The molecule has 0 aromatic heterocycles. The Morgan fingerprint density at radius 2 is 1.80 bits per heavy atom. The van der Waals surface area contributed by atoms with Gasteiger partial charge in [0.1, 0.15) is 5.82 Å². The van der Waals surface area contributed by atoms with Gasteiger partial charge in [-0.2, -0.15) is 0 Å². The van der Waals surface area contributed by atoms with Crippen LogP contribution < -0.4 is 16.0 Å². The number of urea groups is 1. The minimum absolute atomic E-state index is 0.0729. The first-order valence-electron chi connectivity index (χ1n) is 7.40. The highest BCUT2D eigenvalue weighted by molar-refractivity contribution is 6.35. The Morgan fingerprint density at radius 3 is 2.48 bits per heavy atom. The van der Waals surface area contributed by atoms with Gasteiger partial charge in [0.05, 0.1) is 11.6 Å². The summed E-state index contributed by atoms with van der Waals surface area (Å²) in [4.78, 5) is 23.5. The molecule has 132 valence electrons. The summed E-state index contributed by atoms with van der Waals surface area (Å²) in [6.45, 7) is 1.57. The molecule has 2 aromatic rings. The molecule has 0 radical (unpaired) electrons. The SMILES string of the molecule is C[C@@H](NCC(=O)NC(=O)Nc1ccccc1)c1cc(F)c(Cl)cc1Cl. The molecule has 0 fully saturated rings. The maximum absolute atomic E-state index is 13.5. The van der Waals surface area contributed by atoms with Gasteiger partial charge in [0.15, 0.2) is 0 Å². The van der Waals surface area contributed by atoms with E-state index in [-0.39, 0.29) is 16.6 Å². The zero-order valence-corrected chi connectivity index (χ0v) is 14.8. The summed E-state index contributed by atoms with van der Waals surface area (Å²) >= 11 is 11.7. The third kappa shape index (κ3) is 5.70. The van der Waals surface area contributed by atoms with Gasteiger partial charge in [0, 0.05) is 16.8 Å². The van der Waals surface area contributed by atoms with Gasteiger partial charge in [0.2, 0.25) is 5.91 Å². The topological polar surface area (TPSA) is 70.2 Å². The molecule has 0 saturated carbocycles.